The molecule has 2 fully saturated rings. The summed E-state index contributed by atoms with van der Waals surface area (Å²) in [5.41, 5.74) is 2.49. The molecule has 1 aliphatic carbocycles. The Hall–Kier alpha value is -3.88. The third kappa shape index (κ3) is 5.19. The molecule has 3 amide bonds. The zero-order valence-corrected chi connectivity index (χ0v) is 20.7. The SMILES string of the molecule is CC(C)(C)OC(=O)N1CCN(C(=O)c2ccc(-c3ccc4c(NC(=O)C5CC5)noc4c3)cc2)CC1. The van der Waals surface area contributed by atoms with Gasteiger partial charge >= 0.3 is 6.09 Å². The number of hydrogen-bond donors (Lipinski definition) is 1. The highest BCUT2D eigenvalue weighted by Gasteiger charge is 2.31. The minimum absolute atomic E-state index is 0.0132. The molecule has 2 heterocycles. The molecule has 1 aliphatic heterocycles. The molecule has 2 aromatic carbocycles. The molecule has 0 bridgehead atoms. The van der Waals surface area contributed by atoms with Crippen LogP contribution in [0.25, 0.3) is 22.1 Å². The van der Waals surface area contributed by atoms with Crippen LogP contribution in [-0.2, 0) is 9.53 Å². The lowest BCUT2D eigenvalue weighted by atomic mass is 10.0. The summed E-state index contributed by atoms with van der Waals surface area (Å²) >= 11 is 0. The van der Waals surface area contributed by atoms with Crippen LogP contribution in [0.5, 0.6) is 0 Å². The average molecular weight is 491 g/mol. The highest BCUT2D eigenvalue weighted by molar-refractivity contribution is 6.01. The number of fused-ring (bicyclic) bond motifs is 1. The fraction of sp³-hybridized carbons (Fsp3) is 0.407. The van der Waals surface area contributed by atoms with Gasteiger partial charge in [0.25, 0.3) is 5.91 Å². The Labute approximate surface area is 209 Å². The van der Waals surface area contributed by atoms with Crippen LogP contribution in [0, 0.1) is 5.92 Å². The number of carbonyl (C=O) groups excluding carboxylic acids is 3. The molecule has 1 saturated heterocycles. The lowest BCUT2D eigenvalue weighted by Gasteiger charge is -2.35. The monoisotopic (exact) mass is 490 g/mol. The van der Waals surface area contributed by atoms with Crippen molar-refractivity contribution in [2.45, 2.75) is 39.2 Å². The molecule has 0 unspecified atom stereocenters. The Morgan fingerprint density at radius 2 is 1.58 bits per heavy atom. The Bertz CT molecular complexity index is 1300. The highest BCUT2D eigenvalue weighted by atomic mass is 16.6. The minimum Gasteiger partial charge on any atom is -0.444 e. The maximum Gasteiger partial charge on any atom is 0.410 e. The van der Waals surface area contributed by atoms with Crippen molar-refractivity contribution in [3.63, 3.8) is 0 Å². The summed E-state index contributed by atoms with van der Waals surface area (Å²) in [5.74, 6) is 0.458. The molecule has 188 valence electrons. The first-order valence-electron chi connectivity index (χ1n) is 12.3. The second-order valence-electron chi connectivity index (χ2n) is 10.3. The van der Waals surface area contributed by atoms with Crippen molar-refractivity contribution < 1.29 is 23.6 Å². The average Bonchev–Trinajstić information content (AvgIpc) is 3.64. The van der Waals surface area contributed by atoms with Gasteiger partial charge in [0.05, 0.1) is 5.39 Å². The molecule has 1 N–H and O–H groups in total. The van der Waals surface area contributed by atoms with Gasteiger partial charge in [-0.1, -0.05) is 23.4 Å². The van der Waals surface area contributed by atoms with Gasteiger partial charge in [-0.2, -0.15) is 0 Å². The Morgan fingerprint density at radius 1 is 0.944 bits per heavy atom. The van der Waals surface area contributed by atoms with Crippen LogP contribution < -0.4 is 5.32 Å². The summed E-state index contributed by atoms with van der Waals surface area (Å²) in [6.07, 6.45) is 1.50. The van der Waals surface area contributed by atoms with Crippen LogP contribution in [-0.4, -0.2) is 64.6 Å². The topological polar surface area (TPSA) is 105 Å². The van der Waals surface area contributed by atoms with E-state index in [9.17, 15) is 14.4 Å². The first-order chi connectivity index (χ1) is 17.2. The van der Waals surface area contributed by atoms with E-state index in [1.807, 2.05) is 63.2 Å². The maximum absolute atomic E-state index is 13.0. The number of aromatic nitrogens is 1. The number of anilines is 1. The van der Waals surface area contributed by atoms with Crippen molar-refractivity contribution >= 4 is 34.7 Å². The molecule has 36 heavy (non-hydrogen) atoms. The van der Waals surface area contributed by atoms with Gasteiger partial charge in [-0.3, -0.25) is 9.59 Å². The van der Waals surface area contributed by atoms with Gasteiger partial charge in [0.15, 0.2) is 11.4 Å². The smallest absolute Gasteiger partial charge is 0.410 e. The third-order valence-electron chi connectivity index (χ3n) is 6.35. The number of piperazine rings is 1. The van der Waals surface area contributed by atoms with Gasteiger partial charge in [-0.25, -0.2) is 4.79 Å². The lowest BCUT2D eigenvalue weighted by Crippen LogP contribution is -2.51. The molecule has 0 spiro atoms. The first kappa shape index (κ1) is 23.8. The minimum atomic E-state index is -0.544. The number of benzene rings is 2. The van der Waals surface area contributed by atoms with E-state index in [0.29, 0.717) is 43.1 Å². The molecule has 2 aliphatic rings. The second kappa shape index (κ2) is 9.29. The number of rotatable bonds is 4. The van der Waals surface area contributed by atoms with Crippen molar-refractivity contribution in [3.05, 3.63) is 48.0 Å². The summed E-state index contributed by atoms with van der Waals surface area (Å²) < 4.78 is 10.9. The molecule has 5 rings (SSSR count). The zero-order valence-electron chi connectivity index (χ0n) is 20.7. The number of nitrogens with one attached hydrogen (secondary N) is 1. The van der Waals surface area contributed by atoms with Crippen LogP contribution in [0.15, 0.2) is 47.0 Å². The van der Waals surface area contributed by atoms with Gasteiger partial charge in [0.1, 0.15) is 5.60 Å². The predicted octanol–water partition coefficient (Wildman–Crippen LogP) is 4.54. The maximum atomic E-state index is 13.0. The first-order valence-corrected chi connectivity index (χ1v) is 12.3. The lowest BCUT2D eigenvalue weighted by molar-refractivity contribution is -0.117. The quantitative estimate of drug-likeness (QED) is 0.576. The van der Waals surface area contributed by atoms with E-state index in [-0.39, 0.29) is 23.8 Å². The van der Waals surface area contributed by atoms with E-state index < -0.39 is 5.60 Å². The Balaban J connectivity index is 1.22. The van der Waals surface area contributed by atoms with Crippen molar-refractivity contribution in [3.8, 4) is 11.1 Å². The Morgan fingerprint density at radius 3 is 2.22 bits per heavy atom. The van der Waals surface area contributed by atoms with E-state index in [2.05, 4.69) is 10.5 Å². The fourth-order valence-electron chi connectivity index (χ4n) is 4.18. The van der Waals surface area contributed by atoms with Crippen molar-refractivity contribution in [1.29, 1.82) is 0 Å². The highest BCUT2D eigenvalue weighted by Crippen LogP contribution is 2.33. The largest absolute Gasteiger partial charge is 0.444 e. The van der Waals surface area contributed by atoms with Crippen LogP contribution in [0.4, 0.5) is 10.6 Å². The number of amides is 3. The van der Waals surface area contributed by atoms with E-state index in [1.54, 1.807) is 9.80 Å². The van der Waals surface area contributed by atoms with Crippen molar-refractivity contribution in [2.75, 3.05) is 31.5 Å². The molecule has 0 atom stereocenters. The summed E-state index contributed by atoms with van der Waals surface area (Å²) in [4.78, 5) is 40.7. The molecule has 0 radical (unpaired) electrons. The summed E-state index contributed by atoms with van der Waals surface area (Å²) in [6, 6.07) is 13.1. The third-order valence-corrected chi connectivity index (χ3v) is 6.35. The number of carbonyl (C=O) groups is 3. The molecule has 1 aromatic heterocycles. The molecule has 1 saturated carbocycles. The van der Waals surface area contributed by atoms with Gasteiger partial charge in [0.2, 0.25) is 5.91 Å². The summed E-state index contributed by atoms with van der Waals surface area (Å²) in [6.45, 7) is 7.32. The zero-order chi connectivity index (χ0) is 25.4. The van der Waals surface area contributed by atoms with E-state index in [0.717, 1.165) is 29.4 Å². The van der Waals surface area contributed by atoms with Crippen LogP contribution in [0.1, 0.15) is 44.0 Å². The Kier molecular flexibility index (Phi) is 6.15. The molecular weight excluding hydrogens is 460 g/mol. The van der Waals surface area contributed by atoms with Crippen LogP contribution in [0.2, 0.25) is 0 Å². The molecule has 9 nitrogen and oxygen atoms in total. The number of nitrogens with zero attached hydrogens (tertiary/aromatic N) is 3. The fourth-order valence-corrected chi connectivity index (χ4v) is 4.18. The normalized spacial score (nSPS) is 16.2. The van der Waals surface area contributed by atoms with Gasteiger partial charge < -0.3 is 24.4 Å². The molecule has 3 aromatic rings. The standard InChI is InChI=1S/C27H30N4O5/c1-27(2,3)35-26(34)31-14-12-30(13-15-31)25(33)19-8-4-17(5-9-19)20-10-11-21-22(16-20)36-29-23(21)28-24(32)18-6-7-18/h4-5,8-11,16,18H,6-7,12-15H2,1-3H3,(H,28,29,32). The number of ether oxygens (including phenoxy) is 1. The van der Waals surface area contributed by atoms with Gasteiger partial charge in [0, 0.05) is 37.7 Å². The number of hydrogen-bond acceptors (Lipinski definition) is 6. The van der Waals surface area contributed by atoms with Crippen LogP contribution >= 0.6 is 0 Å². The van der Waals surface area contributed by atoms with Crippen molar-refractivity contribution in [1.82, 2.24) is 15.0 Å². The summed E-state index contributed by atoms with van der Waals surface area (Å²) in [7, 11) is 0. The van der Waals surface area contributed by atoms with E-state index in [4.69, 9.17) is 9.26 Å². The van der Waals surface area contributed by atoms with Gasteiger partial charge in [-0.15, -0.1) is 0 Å². The molecular formula is C27H30N4O5. The van der Waals surface area contributed by atoms with E-state index in [1.165, 1.54) is 0 Å². The van der Waals surface area contributed by atoms with Crippen molar-refractivity contribution in [2.24, 2.45) is 5.92 Å². The summed E-state index contributed by atoms with van der Waals surface area (Å²) in [5, 5.41) is 7.61. The molecule has 9 heteroatoms. The van der Waals surface area contributed by atoms with Crippen LogP contribution in [0.3, 0.4) is 0 Å². The predicted molar refractivity (Wildman–Crippen MR) is 135 cm³/mol. The van der Waals surface area contributed by atoms with Gasteiger partial charge in [-0.05, 0) is 69.0 Å². The second-order valence-corrected chi connectivity index (χ2v) is 10.3. The van der Waals surface area contributed by atoms with E-state index >= 15 is 0 Å².